The third-order valence-corrected chi connectivity index (χ3v) is 6.03. The Morgan fingerprint density at radius 1 is 1.04 bits per heavy atom. The molecule has 140 valence electrons. The van der Waals surface area contributed by atoms with Gasteiger partial charge in [-0.15, -0.1) is 0 Å². The average Bonchev–Trinajstić information content (AvgIpc) is 2.62. The molecule has 1 aromatic rings. The van der Waals surface area contributed by atoms with Crippen LogP contribution in [0.5, 0.6) is 5.75 Å². The van der Waals surface area contributed by atoms with Gasteiger partial charge in [-0.25, -0.2) is 4.39 Å². The monoisotopic (exact) mass is 347 g/mol. The van der Waals surface area contributed by atoms with E-state index in [1.54, 1.807) is 6.07 Å². The lowest BCUT2D eigenvalue weighted by Crippen LogP contribution is -2.38. The average molecular weight is 348 g/mol. The van der Waals surface area contributed by atoms with Crippen molar-refractivity contribution in [2.75, 3.05) is 26.2 Å². The number of halogens is 1. The molecule has 1 aliphatic heterocycles. The second-order valence-corrected chi connectivity index (χ2v) is 8.40. The Balaban J connectivity index is 1.39. The van der Waals surface area contributed by atoms with E-state index in [2.05, 4.69) is 4.90 Å². The molecule has 0 aromatic heterocycles. The summed E-state index contributed by atoms with van der Waals surface area (Å²) in [6.07, 6.45) is 9.58. The van der Waals surface area contributed by atoms with Crippen LogP contribution in [0.25, 0.3) is 0 Å². The topological polar surface area (TPSA) is 12.5 Å². The SMILES string of the molecule is CC(C)c1ccc(OCC2CCN(CC3CCCCC3)CC2)cc1F. The number of piperidine rings is 1. The quantitative estimate of drug-likeness (QED) is 0.662. The zero-order valence-corrected chi connectivity index (χ0v) is 16.0. The minimum absolute atomic E-state index is 0.144. The van der Waals surface area contributed by atoms with E-state index in [1.807, 2.05) is 26.0 Å². The minimum atomic E-state index is -0.144. The molecule has 0 bridgehead atoms. The number of benzene rings is 1. The molecule has 1 saturated carbocycles. The van der Waals surface area contributed by atoms with Crippen molar-refractivity contribution in [1.82, 2.24) is 4.90 Å². The lowest BCUT2D eigenvalue weighted by Gasteiger charge is -2.35. The van der Waals surface area contributed by atoms with Crippen molar-refractivity contribution in [1.29, 1.82) is 0 Å². The van der Waals surface area contributed by atoms with Gasteiger partial charge in [-0.1, -0.05) is 39.2 Å². The van der Waals surface area contributed by atoms with Gasteiger partial charge in [-0.2, -0.15) is 0 Å². The van der Waals surface area contributed by atoms with Gasteiger partial charge in [-0.3, -0.25) is 0 Å². The molecule has 2 nitrogen and oxygen atoms in total. The zero-order valence-electron chi connectivity index (χ0n) is 16.0. The first-order chi connectivity index (χ1) is 12.1. The van der Waals surface area contributed by atoms with Gasteiger partial charge in [0, 0.05) is 12.6 Å². The smallest absolute Gasteiger partial charge is 0.130 e. The van der Waals surface area contributed by atoms with Crippen LogP contribution in [-0.4, -0.2) is 31.1 Å². The fourth-order valence-corrected chi connectivity index (χ4v) is 4.35. The maximum absolute atomic E-state index is 14.1. The van der Waals surface area contributed by atoms with E-state index in [0.29, 0.717) is 11.7 Å². The van der Waals surface area contributed by atoms with Gasteiger partial charge in [0.05, 0.1) is 6.61 Å². The molecule has 0 unspecified atom stereocenters. The second kappa shape index (κ2) is 9.02. The maximum atomic E-state index is 14.1. The van der Waals surface area contributed by atoms with Crippen LogP contribution in [0.1, 0.15) is 70.3 Å². The summed E-state index contributed by atoms with van der Waals surface area (Å²) in [4.78, 5) is 2.66. The lowest BCUT2D eigenvalue weighted by atomic mass is 9.88. The summed E-state index contributed by atoms with van der Waals surface area (Å²) in [7, 11) is 0. The third-order valence-electron chi connectivity index (χ3n) is 6.03. The summed E-state index contributed by atoms with van der Waals surface area (Å²) >= 11 is 0. The van der Waals surface area contributed by atoms with Crippen LogP contribution in [0.3, 0.4) is 0 Å². The van der Waals surface area contributed by atoms with Crippen LogP contribution in [0.15, 0.2) is 18.2 Å². The molecule has 0 spiro atoms. The fraction of sp³-hybridized carbons (Fsp3) is 0.727. The van der Waals surface area contributed by atoms with Crippen LogP contribution in [0, 0.1) is 17.7 Å². The molecule has 3 rings (SSSR count). The van der Waals surface area contributed by atoms with E-state index in [0.717, 1.165) is 18.1 Å². The Kier molecular flexibility index (Phi) is 6.75. The molecule has 25 heavy (non-hydrogen) atoms. The van der Waals surface area contributed by atoms with Crippen molar-refractivity contribution in [3.05, 3.63) is 29.6 Å². The summed E-state index contributed by atoms with van der Waals surface area (Å²) in [6, 6.07) is 5.33. The Morgan fingerprint density at radius 2 is 1.76 bits per heavy atom. The van der Waals surface area contributed by atoms with Gasteiger partial charge in [0.1, 0.15) is 11.6 Å². The fourth-order valence-electron chi connectivity index (χ4n) is 4.35. The van der Waals surface area contributed by atoms with Gasteiger partial charge in [0.15, 0.2) is 0 Å². The molecule has 1 saturated heterocycles. The highest BCUT2D eigenvalue weighted by Crippen LogP contribution is 2.27. The maximum Gasteiger partial charge on any atom is 0.130 e. The van der Waals surface area contributed by atoms with Gasteiger partial charge in [0.2, 0.25) is 0 Å². The number of hydrogen-bond acceptors (Lipinski definition) is 2. The van der Waals surface area contributed by atoms with Crippen LogP contribution < -0.4 is 4.74 Å². The Hall–Kier alpha value is -1.09. The lowest BCUT2D eigenvalue weighted by molar-refractivity contribution is 0.119. The van der Waals surface area contributed by atoms with E-state index in [-0.39, 0.29) is 11.7 Å². The Labute approximate surface area is 152 Å². The predicted octanol–water partition coefficient (Wildman–Crippen LogP) is 5.62. The first-order valence-corrected chi connectivity index (χ1v) is 10.3. The third kappa shape index (κ3) is 5.44. The first kappa shape index (κ1) is 18.7. The van der Waals surface area contributed by atoms with Crippen molar-refractivity contribution in [3.63, 3.8) is 0 Å². The minimum Gasteiger partial charge on any atom is -0.493 e. The van der Waals surface area contributed by atoms with Crippen molar-refractivity contribution in [2.45, 2.75) is 64.7 Å². The summed E-state index contributed by atoms with van der Waals surface area (Å²) in [5.41, 5.74) is 0.767. The molecule has 2 aliphatic rings. The molecule has 3 heteroatoms. The number of rotatable bonds is 6. The van der Waals surface area contributed by atoms with Crippen molar-refractivity contribution in [3.8, 4) is 5.75 Å². The molecule has 1 aliphatic carbocycles. The molecule has 2 fully saturated rings. The number of hydrogen-bond donors (Lipinski definition) is 0. The number of likely N-dealkylation sites (tertiary alicyclic amines) is 1. The molecule has 1 aromatic carbocycles. The largest absolute Gasteiger partial charge is 0.493 e. The predicted molar refractivity (Wildman–Crippen MR) is 102 cm³/mol. The summed E-state index contributed by atoms with van der Waals surface area (Å²) in [5.74, 6) is 2.28. The van der Waals surface area contributed by atoms with E-state index < -0.39 is 0 Å². The summed E-state index contributed by atoms with van der Waals surface area (Å²) in [6.45, 7) is 8.45. The van der Waals surface area contributed by atoms with E-state index >= 15 is 0 Å². The number of ether oxygens (including phenoxy) is 1. The van der Waals surface area contributed by atoms with Gasteiger partial charge in [0.25, 0.3) is 0 Å². The molecule has 0 N–H and O–H groups in total. The number of nitrogens with zero attached hydrogens (tertiary/aromatic N) is 1. The summed E-state index contributed by atoms with van der Waals surface area (Å²) < 4.78 is 19.9. The van der Waals surface area contributed by atoms with Gasteiger partial charge < -0.3 is 9.64 Å². The van der Waals surface area contributed by atoms with E-state index in [4.69, 9.17) is 4.74 Å². The van der Waals surface area contributed by atoms with Crippen molar-refractivity contribution >= 4 is 0 Å². The van der Waals surface area contributed by atoms with E-state index in [1.165, 1.54) is 64.6 Å². The van der Waals surface area contributed by atoms with Gasteiger partial charge >= 0.3 is 0 Å². The van der Waals surface area contributed by atoms with Crippen molar-refractivity contribution < 1.29 is 9.13 Å². The standard InChI is InChI=1S/C22H34FNO/c1-17(2)21-9-8-20(14-22(21)23)25-16-19-10-12-24(13-11-19)15-18-6-4-3-5-7-18/h8-9,14,17-19H,3-7,10-13,15-16H2,1-2H3. The molecular weight excluding hydrogens is 313 g/mol. The second-order valence-electron chi connectivity index (χ2n) is 8.40. The zero-order chi connectivity index (χ0) is 17.6. The van der Waals surface area contributed by atoms with Crippen LogP contribution in [0.4, 0.5) is 4.39 Å². The van der Waals surface area contributed by atoms with Gasteiger partial charge in [-0.05, 0) is 68.2 Å². The van der Waals surface area contributed by atoms with Crippen LogP contribution in [0.2, 0.25) is 0 Å². The normalized spacial score (nSPS) is 21.0. The Bertz CT molecular complexity index is 531. The highest BCUT2D eigenvalue weighted by atomic mass is 19.1. The molecular formula is C22H34FNO. The Morgan fingerprint density at radius 3 is 2.40 bits per heavy atom. The molecule has 0 atom stereocenters. The van der Waals surface area contributed by atoms with Crippen LogP contribution >= 0.6 is 0 Å². The van der Waals surface area contributed by atoms with Crippen LogP contribution in [-0.2, 0) is 0 Å². The molecule has 1 heterocycles. The molecule has 0 radical (unpaired) electrons. The first-order valence-electron chi connectivity index (χ1n) is 10.3. The molecule has 0 amide bonds. The van der Waals surface area contributed by atoms with E-state index in [9.17, 15) is 4.39 Å². The summed E-state index contributed by atoms with van der Waals surface area (Å²) in [5, 5.41) is 0. The highest BCUT2D eigenvalue weighted by molar-refractivity contribution is 5.30. The highest BCUT2D eigenvalue weighted by Gasteiger charge is 2.23. The van der Waals surface area contributed by atoms with Crippen molar-refractivity contribution in [2.24, 2.45) is 11.8 Å².